The molecule has 29 heavy (non-hydrogen) atoms. The average molecular weight is 409 g/mol. The average Bonchev–Trinajstić information content (AvgIpc) is 3.19. The smallest absolute Gasteiger partial charge is 0.228 e. The Balaban J connectivity index is 1.33. The van der Waals surface area contributed by atoms with Crippen LogP contribution in [-0.4, -0.2) is 29.4 Å². The Bertz CT molecular complexity index is 998. The van der Waals surface area contributed by atoms with Crippen LogP contribution >= 0.6 is 11.3 Å². The largest absolute Gasteiger partial charge is 0.497 e. The molecule has 0 unspecified atom stereocenters. The molecule has 0 saturated heterocycles. The molecule has 0 saturated carbocycles. The van der Waals surface area contributed by atoms with E-state index < -0.39 is 0 Å². The van der Waals surface area contributed by atoms with Crippen LogP contribution in [0.3, 0.4) is 0 Å². The predicted octanol–water partition coefficient (Wildman–Crippen LogP) is 4.17. The van der Waals surface area contributed by atoms with Gasteiger partial charge in [0.2, 0.25) is 5.91 Å². The fraction of sp³-hybridized carbons (Fsp3) is 0.304. The first-order chi connectivity index (χ1) is 14.1. The molecule has 1 amide bonds. The van der Waals surface area contributed by atoms with E-state index in [1.807, 2.05) is 53.6 Å². The topological polar surface area (TPSA) is 51.7 Å². The zero-order chi connectivity index (χ0) is 20.2. The maximum absolute atomic E-state index is 12.8. The molecule has 0 spiro atoms. The summed E-state index contributed by atoms with van der Waals surface area (Å²) in [6.07, 6.45) is 1.19. The summed E-state index contributed by atoms with van der Waals surface area (Å²) in [4.78, 5) is 19.3. The highest BCUT2D eigenvalue weighted by atomic mass is 32.1. The number of thiazole rings is 1. The van der Waals surface area contributed by atoms with Crippen molar-refractivity contribution >= 4 is 17.2 Å². The molecule has 5 nitrogen and oxygen atoms in total. The maximum Gasteiger partial charge on any atom is 0.228 e. The van der Waals surface area contributed by atoms with E-state index in [4.69, 9.17) is 9.47 Å². The van der Waals surface area contributed by atoms with Crippen molar-refractivity contribution in [3.63, 3.8) is 0 Å². The molecule has 1 aromatic heterocycles. The van der Waals surface area contributed by atoms with E-state index in [1.54, 1.807) is 7.11 Å². The third-order valence-corrected chi connectivity index (χ3v) is 5.96. The Morgan fingerprint density at radius 1 is 1.14 bits per heavy atom. The lowest BCUT2D eigenvalue weighted by atomic mass is 9.99. The van der Waals surface area contributed by atoms with Crippen molar-refractivity contribution in [2.24, 2.45) is 0 Å². The van der Waals surface area contributed by atoms with Gasteiger partial charge in [-0.2, -0.15) is 0 Å². The molecule has 3 aromatic rings. The number of aromatic nitrogens is 1. The van der Waals surface area contributed by atoms with Crippen LogP contribution < -0.4 is 9.47 Å². The predicted molar refractivity (Wildman–Crippen MR) is 113 cm³/mol. The summed E-state index contributed by atoms with van der Waals surface area (Å²) in [5, 5.41) is 2.83. The standard InChI is InChI=1S/C23H24N2O3S/c1-16-3-6-20(7-4-16)28-14-22-24-19(15-29-22)12-23(26)25-10-9-17-5-8-21(27-2)11-18(17)13-25/h3-8,11,15H,9-10,12-14H2,1-2H3. The van der Waals surface area contributed by atoms with Crippen molar-refractivity contribution in [3.8, 4) is 11.5 Å². The first-order valence-electron chi connectivity index (χ1n) is 9.67. The van der Waals surface area contributed by atoms with Gasteiger partial charge in [-0.3, -0.25) is 4.79 Å². The van der Waals surface area contributed by atoms with Crippen LogP contribution in [0, 0.1) is 6.92 Å². The van der Waals surface area contributed by atoms with Crippen molar-refractivity contribution in [2.75, 3.05) is 13.7 Å². The molecule has 2 heterocycles. The van der Waals surface area contributed by atoms with Crippen LogP contribution in [0.25, 0.3) is 0 Å². The van der Waals surface area contributed by atoms with Crippen LogP contribution in [0.4, 0.5) is 0 Å². The lowest BCUT2D eigenvalue weighted by Gasteiger charge is -2.29. The molecule has 0 radical (unpaired) electrons. The molecule has 1 aliphatic rings. The second-order valence-electron chi connectivity index (χ2n) is 7.21. The number of benzene rings is 2. The Labute approximate surface area is 174 Å². The summed E-state index contributed by atoms with van der Waals surface area (Å²) < 4.78 is 11.1. The highest BCUT2D eigenvalue weighted by Gasteiger charge is 2.22. The number of nitrogens with zero attached hydrogens (tertiary/aromatic N) is 2. The monoisotopic (exact) mass is 408 g/mol. The van der Waals surface area contributed by atoms with E-state index in [1.165, 1.54) is 22.5 Å². The molecule has 4 rings (SSSR count). The van der Waals surface area contributed by atoms with Gasteiger partial charge in [0, 0.05) is 18.5 Å². The first kappa shape index (κ1) is 19.5. The van der Waals surface area contributed by atoms with Crippen LogP contribution in [0.2, 0.25) is 0 Å². The molecule has 0 bridgehead atoms. The van der Waals surface area contributed by atoms with Crippen molar-refractivity contribution < 1.29 is 14.3 Å². The third-order valence-electron chi connectivity index (χ3n) is 5.09. The van der Waals surface area contributed by atoms with E-state index in [0.29, 0.717) is 19.6 Å². The highest BCUT2D eigenvalue weighted by Crippen LogP contribution is 2.24. The van der Waals surface area contributed by atoms with E-state index in [-0.39, 0.29) is 5.91 Å². The van der Waals surface area contributed by atoms with Crippen molar-refractivity contribution in [2.45, 2.75) is 32.9 Å². The molecule has 1 aliphatic heterocycles. The van der Waals surface area contributed by atoms with Gasteiger partial charge in [-0.15, -0.1) is 11.3 Å². The second-order valence-corrected chi connectivity index (χ2v) is 8.15. The number of carbonyl (C=O) groups excluding carboxylic acids is 1. The van der Waals surface area contributed by atoms with Gasteiger partial charge in [0.05, 0.1) is 19.2 Å². The number of ether oxygens (including phenoxy) is 2. The molecule has 0 aliphatic carbocycles. The van der Waals surface area contributed by atoms with Gasteiger partial charge in [0.15, 0.2) is 0 Å². The quantitative estimate of drug-likeness (QED) is 0.614. The number of aryl methyl sites for hydroxylation is 1. The highest BCUT2D eigenvalue weighted by molar-refractivity contribution is 7.09. The van der Waals surface area contributed by atoms with Gasteiger partial charge in [0.1, 0.15) is 23.1 Å². The van der Waals surface area contributed by atoms with Crippen molar-refractivity contribution in [3.05, 3.63) is 75.2 Å². The molecule has 2 aromatic carbocycles. The van der Waals surface area contributed by atoms with E-state index in [2.05, 4.69) is 11.1 Å². The molecule has 0 fully saturated rings. The fourth-order valence-electron chi connectivity index (χ4n) is 3.42. The summed E-state index contributed by atoms with van der Waals surface area (Å²) in [7, 11) is 1.66. The van der Waals surface area contributed by atoms with Crippen molar-refractivity contribution in [1.82, 2.24) is 9.88 Å². The summed E-state index contributed by atoms with van der Waals surface area (Å²) in [5.74, 6) is 1.76. The second kappa shape index (κ2) is 8.66. The Kier molecular flexibility index (Phi) is 5.81. The minimum absolute atomic E-state index is 0.106. The maximum atomic E-state index is 12.8. The van der Waals surface area contributed by atoms with Gasteiger partial charge < -0.3 is 14.4 Å². The zero-order valence-corrected chi connectivity index (χ0v) is 17.5. The van der Waals surface area contributed by atoms with Gasteiger partial charge >= 0.3 is 0 Å². The number of hydrogen-bond acceptors (Lipinski definition) is 5. The minimum Gasteiger partial charge on any atom is -0.497 e. The molecule has 6 heteroatoms. The Morgan fingerprint density at radius 3 is 2.72 bits per heavy atom. The number of carbonyl (C=O) groups is 1. The van der Waals surface area contributed by atoms with E-state index >= 15 is 0 Å². The normalized spacial score (nSPS) is 13.1. The summed E-state index contributed by atoms with van der Waals surface area (Å²) in [5.41, 5.74) is 4.46. The van der Waals surface area contributed by atoms with Crippen molar-refractivity contribution in [1.29, 1.82) is 0 Å². The summed E-state index contributed by atoms with van der Waals surface area (Å²) >= 11 is 1.53. The minimum atomic E-state index is 0.106. The van der Waals surface area contributed by atoms with E-state index in [9.17, 15) is 4.79 Å². The van der Waals surface area contributed by atoms with Crippen LogP contribution in [0.5, 0.6) is 11.5 Å². The van der Waals surface area contributed by atoms with E-state index in [0.717, 1.165) is 40.7 Å². The molecule has 150 valence electrons. The zero-order valence-electron chi connectivity index (χ0n) is 16.7. The number of fused-ring (bicyclic) bond motifs is 1. The molecular formula is C23H24N2O3S. The number of methoxy groups -OCH3 is 1. The lowest BCUT2D eigenvalue weighted by Crippen LogP contribution is -2.37. The van der Waals surface area contributed by atoms with Crippen LogP contribution in [0.15, 0.2) is 47.8 Å². The number of rotatable bonds is 6. The van der Waals surface area contributed by atoms with Gasteiger partial charge in [-0.25, -0.2) is 4.98 Å². The van der Waals surface area contributed by atoms with Crippen LogP contribution in [-0.2, 0) is 30.8 Å². The van der Waals surface area contributed by atoms with Gasteiger partial charge in [0.25, 0.3) is 0 Å². The third kappa shape index (κ3) is 4.77. The molecule has 0 atom stereocenters. The van der Waals surface area contributed by atoms with Gasteiger partial charge in [-0.1, -0.05) is 23.8 Å². The summed E-state index contributed by atoms with van der Waals surface area (Å²) in [6.45, 7) is 3.83. The Hall–Kier alpha value is -2.86. The summed E-state index contributed by atoms with van der Waals surface area (Å²) in [6, 6.07) is 14.1. The molecule has 0 N–H and O–H groups in total. The van der Waals surface area contributed by atoms with Crippen LogP contribution in [0.1, 0.15) is 27.4 Å². The van der Waals surface area contributed by atoms with Gasteiger partial charge in [-0.05, 0) is 48.7 Å². The number of amides is 1. The number of hydrogen-bond donors (Lipinski definition) is 0. The lowest BCUT2D eigenvalue weighted by molar-refractivity contribution is -0.131. The first-order valence-corrected chi connectivity index (χ1v) is 10.5. The Morgan fingerprint density at radius 2 is 1.93 bits per heavy atom. The fourth-order valence-corrected chi connectivity index (χ4v) is 4.12. The molecular weight excluding hydrogens is 384 g/mol. The SMILES string of the molecule is COc1ccc2c(c1)CN(C(=O)Cc1csc(COc3ccc(C)cc3)n1)CC2.